The van der Waals surface area contributed by atoms with Gasteiger partial charge < -0.3 is 10.4 Å². The van der Waals surface area contributed by atoms with Gasteiger partial charge in [0, 0.05) is 30.6 Å². The predicted molar refractivity (Wildman–Crippen MR) is 66.2 cm³/mol. The number of aliphatic hydroxyl groups is 1. The van der Waals surface area contributed by atoms with Crippen LogP contribution < -0.4 is 5.32 Å². The van der Waals surface area contributed by atoms with Crippen LogP contribution in [0.3, 0.4) is 0 Å². The van der Waals surface area contributed by atoms with Crippen LogP contribution in [-0.4, -0.2) is 22.2 Å². The molecule has 1 aromatic heterocycles. The van der Waals surface area contributed by atoms with Crippen molar-refractivity contribution in [3.63, 3.8) is 0 Å². The molecule has 90 valence electrons. The third-order valence-electron chi connectivity index (χ3n) is 3.27. The average Bonchev–Trinajstić information content (AvgIpc) is 2.28. The van der Waals surface area contributed by atoms with E-state index in [2.05, 4.69) is 30.2 Å². The molecular formula is C13H22N2O. The van der Waals surface area contributed by atoms with E-state index in [0.29, 0.717) is 0 Å². The third kappa shape index (κ3) is 3.58. The van der Waals surface area contributed by atoms with Gasteiger partial charge >= 0.3 is 0 Å². The predicted octanol–water partition coefficient (Wildman–Crippen LogP) is 2.03. The zero-order chi connectivity index (χ0) is 12.0. The minimum Gasteiger partial charge on any atom is -0.396 e. The Morgan fingerprint density at radius 2 is 2.25 bits per heavy atom. The van der Waals surface area contributed by atoms with Gasteiger partial charge in [-0.25, -0.2) is 0 Å². The number of aromatic nitrogens is 1. The number of rotatable bonds is 6. The van der Waals surface area contributed by atoms with Crippen LogP contribution in [0, 0.1) is 6.92 Å². The van der Waals surface area contributed by atoms with Crippen LogP contribution in [-0.2, 0) is 6.54 Å². The molecule has 0 aliphatic rings. The highest BCUT2D eigenvalue weighted by Crippen LogP contribution is 2.15. The van der Waals surface area contributed by atoms with Crippen LogP contribution in [0.25, 0.3) is 0 Å². The van der Waals surface area contributed by atoms with Gasteiger partial charge in [-0.2, -0.15) is 0 Å². The molecule has 2 N–H and O–H groups in total. The third-order valence-corrected chi connectivity index (χ3v) is 3.27. The molecule has 16 heavy (non-hydrogen) atoms. The number of pyridine rings is 1. The van der Waals surface area contributed by atoms with E-state index in [1.807, 2.05) is 19.2 Å². The molecule has 0 radical (unpaired) electrons. The molecule has 0 saturated heterocycles. The fraction of sp³-hybridized carbons (Fsp3) is 0.615. The minimum absolute atomic E-state index is 0.0109. The molecule has 1 unspecified atom stereocenters. The molecule has 3 heteroatoms. The van der Waals surface area contributed by atoms with Gasteiger partial charge in [0.2, 0.25) is 0 Å². The summed E-state index contributed by atoms with van der Waals surface area (Å²) in [6.45, 7) is 7.34. The fourth-order valence-electron chi connectivity index (χ4n) is 1.65. The van der Waals surface area contributed by atoms with Gasteiger partial charge in [-0.1, -0.05) is 13.0 Å². The number of nitrogens with one attached hydrogen (secondary N) is 1. The van der Waals surface area contributed by atoms with Crippen molar-refractivity contribution in [3.05, 3.63) is 29.6 Å². The Labute approximate surface area is 97.9 Å². The highest BCUT2D eigenvalue weighted by Gasteiger charge is 2.20. The van der Waals surface area contributed by atoms with Crippen molar-refractivity contribution in [2.75, 3.05) is 6.61 Å². The molecule has 0 saturated carbocycles. The van der Waals surface area contributed by atoms with Crippen LogP contribution in [0.15, 0.2) is 18.3 Å². The summed E-state index contributed by atoms with van der Waals surface area (Å²) in [7, 11) is 0. The Kier molecular flexibility index (Phi) is 4.90. The first kappa shape index (κ1) is 13.1. The van der Waals surface area contributed by atoms with Gasteiger partial charge in [-0.15, -0.1) is 0 Å². The van der Waals surface area contributed by atoms with E-state index in [-0.39, 0.29) is 12.1 Å². The van der Waals surface area contributed by atoms with Gasteiger partial charge in [-0.05, 0) is 38.3 Å². The molecule has 0 spiro atoms. The van der Waals surface area contributed by atoms with Gasteiger partial charge in [0.15, 0.2) is 0 Å². The Hall–Kier alpha value is -0.930. The first-order valence-corrected chi connectivity index (χ1v) is 5.87. The summed E-state index contributed by atoms with van der Waals surface area (Å²) in [5.41, 5.74) is 2.30. The molecule has 0 bridgehead atoms. The Bertz CT molecular complexity index is 327. The maximum Gasteiger partial charge on any atom is 0.0448 e. The lowest BCUT2D eigenvalue weighted by Crippen LogP contribution is -2.42. The number of nitrogens with zero attached hydrogens (tertiary/aromatic N) is 1. The van der Waals surface area contributed by atoms with Crippen LogP contribution in [0.1, 0.15) is 37.9 Å². The van der Waals surface area contributed by atoms with E-state index in [9.17, 15) is 0 Å². The molecular weight excluding hydrogens is 200 g/mol. The second-order valence-corrected chi connectivity index (χ2v) is 4.49. The summed E-state index contributed by atoms with van der Waals surface area (Å²) in [5.74, 6) is 0. The summed E-state index contributed by atoms with van der Waals surface area (Å²) in [5, 5.41) is 12.5. The van der Waals surface area contributed by atoms with Crippen LogP contribution in [0.4, 0.5) is 0 Å². The summed E-state index contributed by atoms with van der Waals surface area (Å²) in [6, 6.07) is 4.05. The van der Waals surface area contributed by atoms with E-state index in [1.165, 1.54) is 5.56 Å². The van der Waals surface area contributed by atoms with E-state index in [4.69, 9.17) is 5.11 Å². The van der Waals surface area contributed by atoms with E-state index in [1.54, 1.807) is 0 Å². The maximum absolute atomic E-state index is 9.03. The molecule has 0 aromatic carbocycles. The van der Waals surface area contributed by atoms with E-state index < -0.39 is 0 Å². The zero-order valence-electron chi connectivity index (χ0n) is 10.5. The smallest absolute Gasteiger partial charge is 0.0448 e. The van der Waals surface area contributed by atoms with Crippen molar-refractivity contribution in [3.8, 4) is 0 Å². The summed E-state index contributed by atoms with van der Waals surface area (Å²) in [4.78, 5) is 4.26. The minimum atomic E-state index is 0.0109. The highest BCUT2D eigenvalue weighted by atomic mass is 16.3. The molecule has 0 fully saturated rings. The molecule has 1 rings (SSSR count). The summed E-state index contributed by atoms with van der Waals surface area (Å²) in [6.07, 6.45) is 3.60. The lowest BCUT2D eigenvalue weighted by atomic mass is 9.94. The molecule has 1 aromatic rings. The quantitative estimate of drug-likeness (QED) is 0.774. The fourth-order valence-corrected chi connectivity index (χ4v) is 1.65. The lowest BCUT2D eigenvalue weighted by molar-refractivity contribution is 0.214. The topological polar surface area (TPSA) is 45.1 Å². The molecule has 1 heterocycles. The van der Waals surface area contributed by atoms with Crippen LogP contribution >= 0.6 is 0 Å². The number of aliphatic hydroxyl groups excluding tert-OH is 1. The van der Waals surface area contributed by atoms with Crippen molar-refractivity contribution in [2.45, 2.75) is 45.7 Å². The van der Waals surface area contributed by atoms with Crippen LogP contribution in [0.5, 0.6) is 0 Å². The SMILES string of the molecule is CCC(C)(CCO)NCc1cccnc1C. The largest absolute Gasteiger partial charge is 0.396 e. The summed E-state index contributed by atoms with van der Waals surface area (Å²) >= 11 is 0. The van der Waals surface area contributed by atoms with Crippen molar-refractivity contribution >= 4 is 0 Å². The van der Waals surface area contributed by atoms with Crippen molar-refractivity contribution in [1.29, 1.82) is 0 Å². The number of hydrogen-bond donors (Lipinski definition) is 2. The normalized spacial score (nSPS) is 14.8. The first-order chi connectivity index (χ1) is 7.61. The van der Waals surface area contributed by atoms with Crippen molar-refractivity contribution < 1.29 is 5.11 Å². The van der Waals surface area contributed by atoms with Gasteiger partial charge in [0.05, 0.1) is 0 Å². The van der Waals surface area contributed by atoms with E-state index >= 15 is 0 Å². The second-order valence-electron chi connectivity index (χ2n) is 4.49. The summed E-state index contributed by atoms with van der Waals surface area (Å²) < 4.78 is 0. The maximum atomic E-state index is 9.03. The Morgan fingerprint density at radius 1 is 1.50 bits per heavy atom. The molecule has 3 nitrogen and oxygen atoms in total. The highest BCUT2D eigenvalue weighted by molar-refractivity contribution is 5.18. The van der Waals surface area contributed by atoms with Crippen LogP contribution in [0.2, 0.25) is 0 Å². The molecule has 0 aliphatic heterocycles. The second kappa shape index (κ2) is 5.97. The van der Waals surface area contributed by atoms with Gasteiger partial charge in [0.1, 0.15) is 0 Å². The van der Waals surface area contributed by atoms with Gasteiger partial charge in [-0.3, -0.25) is 4.98 Å². The molecule has 0 amide bonds. The Balaban J connectivity index is 2.59. The Morgan fingerprint density at radius 3 is 2.81 bits per heavy atom. The van der Waals surface area contributed by atoms with Crippen molar-refractivity contribution in [2.24, 2.45) is 0 Å². The van der Waals surface area contributed by atoms with Gasteiger partial charge in [0.25, 0.3) is 0 Å². The number of aryl methyl sites for hydroxylation is 1. The lowest BCUT2D eigenvalue weighted by Gasteiger charge is -2.29. The standard InChI is InChI=1S/C13H22N2O/c1-4-13(3,7-9-16)15-10-12-6-5-8-14-11(12)2/h5-6,8,15-16H,4,7,9-10H2,1-3H3. The monoisotopic (exact) mass is 222 g/mol. The average molecular weight is 222 g/mol. The molecule has 0 aliphatic carbocycles. The molecule has 1 atom stereocenters. The number of hydrogen-bond acceptors (Lipinski definition) is 3. The van der Waals surface area contributed by atoms with E-state index in [0.717, 1.165) is 25.1 Å². The van der Waals surface area contributed by atoms with Crippen molar-refractivity contribution in [1.82, 2.24) is 10.3 Å². The first-order valence-electron chi connectivity index (χ1n) is 5.87. The zero-order valence-corrected chi connectivity index (χ0v) is 10.5.